The molecule has 1 radical (unpaired) electrons. The molecule has 0 unspecified atom stereocenters. The lowest BCUT2D eigenvalue weighted by atomic mass is 10.0. The Morgan fingerprint density at radius 2 is 2.00 bits per heavy atom. The normalized spacial score (nSPS) is 11.3. The summed E-state index contributed by atoms with van der Waals surface area (Å²) >= 11 is 0. The van der Waals surface area contributed by atoms with Crippen LogP contribution in [0.4, 0.5) is 0 Å². The number of hydrogen-bond donors (Lipinski definition) is 0. The maximum absolute atomic E-state index is 11.3. The number of carbonyl (C=O) groups is 1. The van der Waals surface area contributed by atoms with E-state index in [0.717, 1.165) is 11.1 Å². The van der Waals surface area contributed by atoms with Gasteiger partial charge in [0.2, 0.25) is 0 Å². The van der Waals surface area contributed by atoms with Crippen molar-refractivity contribution in [3.8, 4) is 0 Å². The highest BCUT2D eigenvalue weighted by molar-refractivity contribution is 5.95. The minimum atomic E-state index is -0.305. The van der Waals surface area contributed by atoms with E-state index in [1.54, 1.807) is 6.42 Å². The Hall–Kier alpha value is -1.57. The van der Waals surface area contributed by atoms with Crippen molar-refractivity contribution in [1.29, 1.82) is 0 Å². The van der Waals surface area contributed by atoms with Crippen LogP contribution in [-0.2, 0) is 9.53 Å². The van der Waals surface area contributed by atoms with Gasteiger partial charge in [0.1, 0.15) is 0 Å². The van der Waals surface area contributed by atoms with Gasteiger partial charge in [-0.15, -0.1) is 0 Å². The molecule has 0 aromatic heterocycles. The molecule has 0 aliphatic carbocycles. The van der Waals surface area contributed by atoms with Crippen molar-refractivity contribution < 1.29 is 9.53 Å². The van der Waals surface area contributed by atoms with E-state index in [2.05, 4.69) is 4.74 Å². The van der Waals surface area contributed by atoms with Crippen molar-refractivity contribution in [2.24, 2.45) is 0 Å². The highest BCUT2D eigenvalue weighted by atomic mass is 16.5. The molecule has 0 saturated heterocycles. The Labute approximate surface area is 90.6 Å². The van der Waals surface area contributed by atoms with Gasteiger partial charge in [-0.25, -0.2) is 4.79 Å². The first-order chi connectivity index (χ1) is 7.19. The lowest BCUT2D eigenvalue weighted by molar-refractivity contribution is -0.135. The highest BCUT2D eigenvalue weighted by Gasteiger charge is 2.07. The third-order valence-electron chi connectivity index (χ3n) is 2.23. The zero-order valence-electron chi connectivity index (χ0n) is 9.28. The Balaban J connectivity index is 3.03. The van der Waals surface area contributed by atoms with E-state index in [-0.39, 0.29) is 5.97 Å². The van der Waals surface area contributed by atoms with Gasteiger partial charge in [0.25, 0.3) is 0 Å². The van der Waals surface area contributed by atoms with Gasteiger partial charge in [-0.2, -0.15) is 0 Å². The predicted octanol–water partition coefficient (Wildman–Crippen LogP) is 2.78. The fraction of sp³-hybridized carbons (Fsp3) is 0.231. The number of rotatable bonds is 3. The zero-order chi connectivity index (χ0) is 11.3. The molecule has 0 atom stereocenters. The van der Waals surface area contributed by atoms with Crippen molar-refractivity contribution in [2.45, 2.75) is 13.8 Å². The maximum atomic E-state index is 11.3. The SMILES string of the molecule is C[CH]/C(=C\c1ccccc1C)C(=O)OC. The molecule has 0 saturated carbocycles. The number of ether oxygens (including phenoxy) is 1. The molecule has 0 aliphatic rings. The third-order valence-corrected chi connectivity index (χ3v) is 2.23. The lowest BCUT2D eigenvalue weighted by Crippen LogP contribution is -2.04. The molecular formula is C13H15O2. The molecule has 0 bridgehead atoms. The summed E-state index contributed by atoms with van der Waals surface area (Å²) in [6.07, 6.45) is 3.58. The molecule has 0 N–H and O–H groups in total. The molecule has 79 valence electrons. The number of carbonyl (C=O) groups excluding carboxylic acids is 1. The first kappa shape index (κ1) is 11.5. The average molecular weight is 203 g/mol. The minimum Gasteiger partial charge on any atom is -0.466 e. The summed E-state index contributed by atoms with van der Waals surface area (Å²) in [5, 5.41) is 0. The molecule has 1 rings (SSSR count). The van der Waals surface area contributed by atoms with Gasteiger partial charge in [-0.1, -0.05) is 31.2 Å². The summed E-state index contributed by atoms with van der Waals surface area (Å²) in [5.41, 5.74) is 2.75. The molecule has 1 aromatic carbocycles. The number of aryl methyl sites for hydroxylation is 1. The van der Waals surface area contributed by atoms with Crippen LogP contribution in [0.2, 0.25) is 0 Å². The van der Waals surface area contributed by atoms with Crippen molar-refractivity contribution in [3.05, 3.63) is 47.4 Å². The molecule has 0 aliphatic heterocycles. The molecule has 0 fully saturated rings. The number of hydrogen-bond acceptors (Lipinski definition) is 2. The smallest absolute Gasteiger partial charge is 0.334 e. The number of methoxy groups -OCH3 is 1. The van der Waals surface area contributed by atoms with Crippen molar-refractivity contribution in [3.63, 3.8) is 0 Å². The topological polar surface area (TPSA) is 26.3 Å². The van der Waals surface area contributed by atoms with Crippen LogP contribution in [0.3, 0.4) is 0 Å². The van der Waals surface area contributed by atoms with Crippen LogP contribution in [0.5, 0.6) is 0 Å². The minimum absolute atomic E-state index is 0.305. The first-order valence-electron chi connectivity index (χ1n) is 4.84. The van der Waals surface area contributed by atoms with Crippen LogP contribution in [0.15, 0.2) is 29.8 Å². The van der Waals surface area contributed by atoms with Crippen LogP contribution in [-0.4, -0.2) is 13.1 Å². The van der Waals surface area contributed by atoms with Crippen LogP contribution in [0, 0.1) is 13.3 Å². The van der Waals surface area contributed by atoms with Crippen molar-refractivity contribution in [2.75, 3.05) is 7.11 Å². The molecule has 2 heteroatoms. The van der Waals surface area contributed by atoms with E-state index in [1.165, 1.54) is 7.11 Å². The molecular weight excluding hydrogens is 188 g/mol. The Bertz CT molecular complexity index is 378. The van der Waals surface area contributed by atoms with E-state index in [9.17, 15) is 4.79 Å². The van der Waals surface area contributed by atoms with Gasteiger partial charge >= 0.3 is 5.97 Å². The van der Waals surface area contributed by atoms with E-state index in [0.29, 0.717) is 5.57 Å². The van der Waals surface area contributed by atoms with Crippen LogP contribution < -0.4 is 0 Å². The largest absolute Gasteiger partial charge is 0.466 e. The fourth-order valence-electron chi connectivity index (χ4n) is 1.29. The second kappa shape index (κ2) is 5.35. The third kappa shape index (κ3) is 2.94. The Kier molecular flexibility index (Phi) is 4.10. The summed E-state index contributed by atoms with van der Waals surface area (Å²) in [6, 6.07) is 7.90. The zero-order valence-corrected chi connectivity index (χ0v) is 9.28. The van der Waals surface area contributed by atoms with Gasteiger partial charge in [-0.05, 0) is 30.5 Å². The van der Waals surface area contributed by atoms with Gasteiger partial charge < -0.3 is 4.74 Å². The molecule has 0 amide bonds. The molecule has 0 heterocycles. The first-order valence-corrected chi connectivity index (χ1v) is 4.84. The van der Waals surface area contributed by atoms with E-state index in [1.807, 2.05) is 44.2 Å². The number of esters is 1. The Morgan fingerprint density at radius 3 is 2.53 bits per heavy atom. The van der Waals surface area contributed by atoms with Crippen LogP contribution >= 0.6 is 0 Å². The number of benzene rings is 1. The molecule has 15 heavy (non-hydrogen) atoms. The molecule has 1 aromatic rings. The lowest BCUT2D eigenvalue weighted by Gasteiger charge is -2.04. The molecule has 0 spiro atoms. The Morgan fingerprint density at radius 1 is 1.33 bits per heavy atom. The second-order valence-corrected chi connectivity index (χ2v) is 3.24. The summed E-state index contributed by atoms with van der Waals surface area (Å²) < 4.78 is 4.68. The molecule has 2 nitrogen and oxygen atoms in total. The van der Waals surface area contributed by atoms with Gasteiger partial charge in [0, 0.05) is 5.57 Å². The summed E-state index contributed by atoms with van der Waals surface area (Å²) in [4.78, 5) is 11.3. The van der Waals surface area contributed by atoms with Crippen molar-refractivity contribution >= 4 is 12.0 Å². The van der Waals surface area contributed by atoms with Crippen LogP contribution in [0.25, 0.3) is 6.08 Å². The van der Waals surface area contributed by atoms with Gasteiger partial charge in [0.05, 0.1) is 7.11 Å². The summed E-state index contributed by atoms with van der Waals surface area (Å²) in [7, 11) is 1.39. The monoisotopic (exact) mass is 203 g/mol. The second-order valence-electron chi connectivity index (χ2n) is 3.24. The predicted molar refractivity (Wildman–Crippen MR) is 61.1 cm³/mol. The van der Waals surface area contributed by atoms with Gasteiger partial charge in [0.15, 0.2) is 0 Å². The van der Waals surface area contributed by atoms with Crippen LogP contribution in [0.1, 0.15) is 18.1 Å². The highest BCUT2D eigenvalue weighted by Crippen LogP contribution is 2.14. The standard InChI is InChI=1S/C13H15O2/c1-4-11(13(14)15-3)9-12-8-6-5-7-10(12)2/h4-9H,1-3H3/b11-9+. The maximum Gasteiger partial charge on any atom is 0.334 e. The summed E-state index contributed by atoms with van der Waals surface area (Å²) in [5.74, 6) is -0.305. The van der Waals surface area contributed by atoms with E-state index >= 15 is 0 Å². The van der Waals surface area contributed by atoms with Crippen molar-refractivity contribution in [1.82, 2.24) is 0 Å². The van der Waals surface area contributed by atoms with Gasteiger partial charge in [-0.3, -0.25) is 0 Å². The summed E-state index contributed by atoms with van der Waals surface area (Å²) in [6.45, 7) is 3.83. The fourth-order valence-corrected chi connectivity index (χ4v) is 1.29. The average Bonchev–Trinajstić information content (AvgIpc) is 2.27. The van der Waals surface area contributed by atoms with E-state index < -0.39 is 0 Å². The quantitative estimate of drug-likeness (QED) is 0.557. The van der Waals surface area contributed by atoms with E-state index in [4.69, 9.17) is 0 Å².